The SMILES string of the molecule is C=CC(=O)Nc1cc(Nc2ncc(Cl)c(Nc3ccccc3OCc3nccn3C)n2)c(OC)cc1C1CNCCO1. The molecule has 3 heterocycles. The highest BCUT2D eigenvalue weighted by Gasteiger charge is 2.23. The molecule has 0 aliphatic carbocycles. The first-order valence-corrected chi connectivity index (χ1v) is 13.5. The van der Waals surface area contributed by atoms with E-state index in [4.69, 9.17) is 25.8 Å². The van der Waals surface area contributed by atoms with Gasteiger partial charge in [0.15, 0.2) is 5.82 Å². The van der Waals surface area contributed by atoms with Crippen LogP contribution in [0.25, 0.3) is 0 Å². The van der Waals surface area contributed by atoms with Gasteiger partial charge in [-0.25, -0.2) is 9.97 Å². The van der Waals surface area contributed by atoms with Gasteiger partial charge in [0.1, 0.15) is 29.0 Å². The first-order chi connectivity index (χ1) is 20.4. The number of morpholine rings is 1. The first-order valence-electron chi connectivity index (χ1n) is 13.2. The summed E-state index contributed by atoms with van der Waals surface area (Å²) >= 11 is 6.47. The molecule has 0 spiro atoms. The number of imidazole rings is 1. The van der Waals surface area contributed by atoms with Gasteiger partial charge in [0.05, 0.1) is 37.4 Å². The van der Waals surface area contributed by atoms with Gasteiger partial charge >= 0.3 is 0 Å². The zero-order chi connectivity index (χ0) is 29.5. The van der Waals surface area contributed by atoms with E-state index in [9.17, 15) is 4.79 Å². The zero-order valence-electron chi connectivity index (χ0n) is 23.2. The number of hydrogen-bond donors (Lipinski definition) is 4. The number of carbonyl (C=O) groups excluding carboxylic acids is 1. The monoisotopic (exact) mass is 590 g/mol. The Morgan fingerprint density at radius 3 is 2.81 bits per heavy atom. The number of carbonyl (C=O) groups is 1. The molecular weight excluding hydrogens is 560 g/mol. The number of aromatic nitrogens is 4. The Kier molecular flexibility index (Phi) is 9.17. The van der Waals surface area contributed by atoms with Crippen LogP contribution in [0.3, 0.4) is 0 Å². The number of anilines is 5. The molecule has 42 heavy (non-hydrogen) atoms. The number of methoxy groups -OCH3 is 1. The van der Waals surface area contributed by atoms with Crippen LogP contribution in [-0.2, 0) is 23.2 Å². The van der Waals surface area contributed by atoms with Crippen molar-refractivity contribution in [3.05, 3.63) is 84.1 Å². The number of rotatable bonds is 11. The maximum Gasteiger partial charge on any atom is 0.247 e. The molecule has 2 aromatic heterocycles. The second-order valence-corrected chi connectivity index (χ2v) is 9.68. The third-order valence-corrected chi connectivity index (χ3v) is 6.77. The van der Waals surface area contributed by atoms with Gasteiger partial charge in [0.2, 0.25) is 11.9 Å². The lowest BCUT2D eigenvalue weighted by Crippen LogP contribution is -2.33. The van der Waals surface area contributed by atoms with Gasteiger partial charge in [-0.15, -0.1) is 0 Å². The number of para-hydroxylation sites is 2. The summed E-state index contributed by atoms with van der Waals surface area (Å²) in [7, 11) is 3.47. The van der Waals surface area contributed by atoms with E-state index in [0.717, 1.165) is 17.9 Å². The van der Waals surface area contributed by atoms with E-state index < -0.39 is 0 Å². The van der Waals surface area contributed by atoms with E-state index in [1.165, 1.54) is 12.3 Å². The molecule has 13 heteroatoms. The van der Waals surface area contributed by atoms with Crippen LogP contribution in [0.4, 0.5) is 28.8 Å². The minimum absolute atomic E-state index is 0.246. The third kappa shape index (κ3) is 6.79. The summed E-state index contributed by atoms with van der Waals surface area (Å²) in [5.74, 6) is 2.15. The van der Waals surface area contributed by atoms with Crippen LogP contribution >= 0.6 is 11.6 Å². The Bertz CT molecular complexity index is 1570. The Labute approximate surface area is 248 Å². The molecule has 218 valence electrons. The summed E-state index contributed by atoms with van der Waals surface area (Å²) in [4.78, 5) is 25.5. The summed E-state index contributed by atoms with van der Waals surface area (Å²) in [5.41, 5.74) is 2.50. The lowest BCUT2D eigenvalue weighted by Gasteiger charge is -2.27. The van der Waals surface area contributed by atoms with Crippen LogP contribution < -0.4 is 30.7 Å². The highest BCUT2D eigenvalue weighted by Crippen LogP contribution is 2.38. The largest absolute Gasteiger partial charge is 0.495 e. The van der Waals surface area contributed by atoms with Crippen LogP contribution in [0.1, 0.15) is 17.5 Å². The lowest BCUT2D eigenvalue weighted by molar-refractivity contribution is -0.111. The Morgan fingerprint density at radius 2 is 2.07 bits per heavy atom. The van der Waals surface area contributed by atoms with Crippen LogP contribution in [0, 0.1) is 0 Å². The topological polar surface area (TPSA) is 136 Å². The van der Waals surface area contributed by atoms with Gasteiger partial charge in [0, 0.05) is 43.8 Å². The fourth-order valence-electron chi connectivity index (χ4n) is 4.32. The number of amides is 1. The van der Waals surface area contributed by atoms with E-state index in [0.29, 0.717) is 52.6 Å². The molecule has 1 saturated heterocycles. The maximum absolute atomic E-state index is 12.3. The number of aryl methyl sites for hydroxylation is 1. The molecule has 1 fully saturated rings. The van der Waals surface area contributed by atoms with Crippen LogP contribution in [0.15, 0.2) is 67.6 Å². The van der Waals surface area contributed by atoms with Crippen molar-refractivity contribution in [2.24, 2.45) is 7.05 Å². The van der Waals surface area contributed by atoms with Crippen molar-refractivity contribution < 1.29 is 19.0 Å². The van der Waals surface area contributed by atoms with Crippen molar-refractivity contribution in [3.8, 4) is 11.5 Å². The van der Waals surface area contributed by atoms with Crippen molar-refractivity contribution in [1.29, 1.82) is 0 Å². The average Bonchev–Trinajstić information content (AvgIpc) is 3.43. The number of ether oxygens (including phenoxy) is 3. The van der Waals surface area contributed by atoms with Gasteiger partial charge < -0.3 is 40.0 Å². The Hall–Kier alpha value is -4.65. The van der Waals surface area contributed by atoms with Gasteiger partial charge in [-0.2, -0.15) is 4.98 Å². The molecule has 1 amide bonds. The number of nitrogens with one attached hydrogen (secondary N) is 4. The molecule has 1 atom stereocenters. The smallest absolute Gasteiger partial charge is 0.247 e. The number of benzene rings is 2. The van der Waals surface area contributed by atoms with Crippen LogP contribution in [0.5, 0.6) is 11.5 Å². The predicted molar refractivity (Wildman–Crippen MR) is 161 cm³/mol. The molecule has 12 nitrogen and oxygen atoms in total. The van der Waals surface area contributed by atoms with E-state index in [1.807, 2.05) is 48.1 Å². The van der Waals surface area contributed by atoms with Crippen molar-refractivity contribution in [2.45, 2.75) is 12.7 Å². The normalized spacial score (nSPS) is 14.6. The zero-order valence-corrected chi connectivity index (χ0v) is 23.9. The molecular formula is C29H31ClN8O4. The van der Waals surface area contributed by atoms with E-state index in [2.05, 4.69) is 42.8 Å². The van der Waals surface area contributed by atoms with Gasteiger partial charge in [-0.05, 0) is 30.3 Å². The number of hydrogen-bond acceptors (Lipinski definition) is 10. The Balaban J connectivity index is 1.40. The average molecular weight is 591 g/mol. The molecule has 1 aliphatic heterocycles. The molecule has 0 bridgehead atoms. The predicted octanol–water partition coefficient (Wildman–Crippen LogP) is 4.72. The van der Waals surface area contributed by atoms with Crippen molar-refractivity contribution >= 4 is 46.3 Å². The minimum atomic E-state index is -0.353. The second kappa shape index (κ2) is 13.3. The van der Waals surface area contributed by atoms with Gasteiger partial charge in [-0.1, -0.05) is 30.3 Å². The van der Waals surface area contributed by atoms with Gasteiger partial charge in [0.25, 0.3) is 0 Å². The van der Waals surface area contributed by atoms with E-state index in [1.54, 1.807) is 19.4 Å². The maximum atomic E-state index is 12.3. The molecule has 4 aromatic rings. The summed E-state index contributed by atoms with van der Waals surface area (Å²) in [6.07, 6.45) is 6.00. The molecule has 5 rings (SSSR count). The fraction of sp³-hybridized carbons (Fsp3) is 0.241. The number of halogens is 1. The number of nitrogens with zero attached hydrogens (tertiary/aromatic N) is 4. The lowest BCUT2D eigenvalue weighted by atomic mass is 10.0. The van der Waals surface area contributed by atoms with E-state index in [-0.39, 0.29) is 24.6 Å². The van der Waals surface area contributed by atoms with E-state index >= 15 is 0 Å². The molecule has 4 N–H and O–H groups in total. The molecule has 0 radical (unpaired) electrons. The molecule has 1 aliphatic rings. The van der Waals surface area contributed by atoms with Gasteiger partial charge in [-0.3, -0.25) is 4.79 Å². The summed E-state index contributed by atoms with van der Waals surface area (Å²) in [5, 5.41) is 12.9. The highest BCUT2D eigenvalue weighted by atomic mass is 35.5. The highest BCUT2D eigenvalue weighted by molar-refractivity contribution is 6.33. The standard InChI is InChI=1S/C29H31ClN8O4/c1-4-27(39)34-21-14-22(24(40-3)13-18(21)25-16-31-10-12-41-25)36-29-33-15-19(30)28(37-29)35-20-7-5-6-8-23(20)42-17-26-32-9-11-38(26)2/h4-9,11,13-15,25,31H,1,10,12,16-17H2,2-3H3,(H,34,39)(H2,33,35,36,37). The Morgan fingerprint density at radius 1 is 1.21 bits per heavy atom. The van der Waals surface area contributed by atoms with Crippen LogP contribution in [-0.4, -0.2) is 52.2 Å². The molecule has 1 unspecified atom stereocenters. The summed E-state index contributed by atoms with van der Waals surface area (Å²) in [6, 6.07) is 11.0. The third-order valence-electron chi connectivity index (χ3n) is 6.50. The molecule has 0 saturated carbocycles. The second-order valence-electron chi connectivity index (χ2n) is 9.28. The van der Waals surface area contributed by atoms with Crippen molar-refractivity contribution in [1.82, 2.24) is 24.8 Å². The van der Waals surface area contributed by atoms with Crippen molar-refractivity contribution in [2.75, 3.05) is 42.8 Å². The summed E-state index contributed by atoms with van der Waals surface area (Å²) in [6.45, 7) is 5.75. The summed E-state index contributed by atoms with van der Waals surface area (Å²) < 4.78 is 19.5. The minimum Gasteiger partial charge on any atom is -0.495 e. The molecule has 2 aromatic carbocycles. The fourth-order valence-corrected chi connectivity index (χ4v) is 4.46. The quantitative estimate of drug-likeness (QED) is 0.182. The van der Waals surface area contributed by atoms with Crippen LogP contribution in [0.2, 0.25) is 5.02 Å². The van der Waals surface area contributed by atoms with Crippen molar-refractivity contribution in [3.63, 3.8) is 0 Å². The first kappa shape index (κ1) is 28.9.